The summed E-state index contributed by atoms with van der Waals surface area (Å²) in [6.45, 7) is 6.60. The molecule has 2 rings (SSSR count). The largest absolute Gasteiger partial charge is 0.383 e. The first-order valence-corrected chi connectivity index (χ1v) is 8.46. The second-order valence-corrected chi connectivity index (χ2v) is 5.88. The summed E-state index contributed by atoms with van der Waals surface area (Å²) in [4.78, 5) is 6.50. The van der Waals surface area contributed by atoms with E-state index >= 15 is 0 Å². The highest BCUT2D eigenvalue weighted by Crippen LogP contribution is 2.17. The third-order valence-corrected chi connectivity index (χ3v) is 3.91. The number of thiazole rings is 1. The molecule has 0 fully saturated rings. The summed E-state index contributed by atoms with van der Waals surface area (Å²) in [5, 5.41) is 6.65. The van der Waals surface area contributed by atoms with Crippen LogP contribution in [0.25, 0.3) is 0 Å². The van der Waals surface area contributed by atoms with Gasteiger partial charge in [0.25, 0.3) is 0 Å². The van der Waals surface area contributed by atoms with Gasteiger partial charge in [-0.2, -0.15) is 5.10 Å². The Labute approximate surface area is 135 Å². The maximum atomic E-state index is 5.56. The van der Waals surface area contributed by atoms with Crippen molar-refractivity contribution in [2.75, 3.05) is 29.1 Å². The van der Waals surface area contributed by atoms with E-state index < -0.39 is 0 Å². The molecule has 0 amide bonds. The molecule has 0 radical (unpaired) electrons. The van der Waals surface area contributed by atoms with Gasteiger partial charge in [-0.3, -0.25) is 5.43 Å². The molecule has 118 valence electrons. The molecule has 0 saturated carbocycles. The zero-order valence-electron chi connectivity index (χ0n) is 13.1. The summed E-state index contributed by atoms with van der Waals surface area (Å²) in [5.41, 5.74) is 10.8. The van der Waals surface area contributed by atoms with Gasteiger partial charge in [0.1, 0.15) is 5.82 Å². The first-order chi connectivity index (χ1) is 10.7. The van der Waals surface area contributed by atoms with Gasteiger partial charge in [0.05, 0.1) is 6.21 Å². The summed E-state index contributed by atoms with van der Waals surface area (Å²) >= 11 is 1.43. The van der Waals surface area contributed by atoms with Crippen molar-refractivity contribution in [3.05, 3.63) is 35.2 Å². The Bertz CT molecular complexity index is 585. The van der Waals surface area contributed by atoms with E-state index in [4.69, 9.17) is 5.73 Å². The van der Waals surface area contributed by atoms with Crippen molar-refractivity contribution in [3.63, 3.8) is 0 Å². The SMILES string of the molecule is CCCN(CCC)c1ccc(C=NNc2nc(N)cs2)cc1. The van der Waals surface area contributed by atoms with Crippen LogP contribution in [0.3, 0.4) is 0 Å². The van der Waals surface area contributed by atoms with Crippen LogP contribution in [0.5, 0.6) is 0 Å². The molecule has 1 aromatic heterocycles. The first kappa shape index (κ1) is 16.3. The molecule has 3 N–H and O–H groups in total. The topological polar surface area (TPSA) is 66.5 Å². The van der Waals surface area contributed by atoms with Crippen molar-refractivity contribution in [3.8, 4) is 0 Å². The highest BCUT2D eigenvalue weighted by atomic mass is 32.1. The van der Waals surface area contributed by atoms with E-state index in [0.29, 0.717) is 10.9 Å². The van der Waals surface area contributed by atoms with Gasteiger partial charge in [0.15, 0.2) is 0 Å². The Morgan fingerprint density at radius 1 is 1.23 bits per heavy atom. The van der Waals surface area contributed by atoms with Gasteiger partial charge >= 0.3 is 0 Å². The number of hydrogen-bond donors (Lipinski definition) is 2. The minimum atomic E-state index is 0.513. The van der Waals surface area contributed by atoms with Crippen LogP contribution >= 0.6 is 11.3 Å². The summed E-state index contributed by atoms with van der Waals surface area (Å²) < 4.78 is 0. The number of nitrogens with one attached hydrogen (secondary N) is 1. The predicted octanol–water partition coefficient (Wildman–Crippen LogP) is 3.80. The Morgan fingerprint density at radius 2 is 1.91 bits per heavy atom. The molecule has 1 aromatic carbocycles. The van der Waals surface area contributed by atoms with Crippen molar-refractivity contribution in [1.82, 2.24) is 4.98 Å². The van der Waals surface area contributed by atoms with Crippen molar-refractivity contribution in [2.45, 2.75) is 26.7 Å². The molecule has 0 bridgehead atoms. The zero-order valence-corrected chi connectivity index (χ0v) is 13.9. The van der Waals surface area contributed by atoms with E-state index in [9.17, 15) is 0 Å². The van der Waals surface area contributed by atoms with Crippen LogP contribution < -0.4 is 16.1 Å². The van der Waals surface area contributed by atoms with Crippen LogP contribution in [0.15, 0.2) is 34.7 Å². The van der Waals surface area contributed by atoms with E-state index in [2.05, 4.69) is 58.5 Å². The molecule has 0 spiro atoms. The lowest BCUT2D eigenvalue weighted by molar-refractivity contribution is 0.745. The standard InChI is InChI=1S/C16H23N5S/c1-3-9-21(10-4-2)14-7-5-13(6-8-14)11-18-20-16-19-15(17)12-22-16/h5-8,11-12H,3-4,9-10,17H2,1-2H3,(H,19,20). The second-order valence-electron chi connectivity index (χ2n) is 5.03. The lowest BCUT2D eigenvalue weighted by atomic mass is 10.2. The minimum absolute atomic E-state index is 0.513. The fraction of sp³-hybridized carbons (Fsp3) is 0.375. The van der Waals surface area contributed by atoms with Gasteiger partial charge in [0.2, 0.25) is 5.13 Å². The van der Waals surface area contributed by atoms with Gasteiger partial charge in [-0.15, -0.1) is 11.3 Å². The third kappa shape index (κ3) is 4.73. The molecule has 2 aromatic rings. The third-order valence-electron chi connectivity index (χ3n) is 3.14. The average Bonchev–Trinajstić information content (AvgIpc) is 2.93. The van der Waals surface area contributed by atoms with Crippen LogP contribution in [0.1, 0.15) is 32.3 Å². The van der Waals surface area contributed by atoms with Crippen molar-refractivity contribution in [2.24, 2.45) is 5.10 Å². The minimum Gasteiger partial charge on any atom is -0.383 e. The summed E-state index contributed by atoms with van der Waals surface area (Å²) in [7, 11) is 0. The molecular formula is C16H23N5S. The molecule has 0 aliphatic heterocycles. The number of hydrazone groups is 1. The van der Waals surface area contributed by atoms with Crippen LogP contribution in [-0.2, 0) is 0 Å². The molecule has 5 nitrogen and oxygen atoms in total. The summed E-state index contributed by atoms with van der Waals surface area (Å²) in [6.07, 6.45) is 4.10. The van der Waals surface area contributed by atoms with Crippen LogP contribution in [0, 0.1) is 0 Å². The number of anilines is 3. The quantitative estimate of drug-likeness (QED) is 0.574. The van der Waals surface area contributed by atoms with Gasteiger partial charge < -0.3 is 10.6 Å². The Kier molecular flexibility index (Phi) is 6.21. The van der Waals surface area contributed by atoms with E-state index in [1.165, 1.54) is 17.0 Å². The number of hydrogen-bond acceptors (Lipinski definition) is 6. The number of benzene rings is 1. The van der Waals surface area contributed by atoms with Gasteiger partial charge in [-0.05, 0) is 30.5 Å². The van der Waals surface area contributed by atoms with E-state index in [1.807, 2.05) is 0 Å². The van der Waals surface area contributed by atoms with Gasteiger partial charge in [-0.1, -0.05) is 26.0 Å². The summed E-state index contributed by atoms with van der Waals surface area (Å²) in [6, 6.07) is 8.45. The molecule has 0 aliphatic carbocycles. The van der Waals surface area contributed by atoms with Crippen LogP contribution in [-0.4, -0.2) is 24.3 Å². The van der Waals surface area contributed by atoms with Gasteiger partial charge in [0, 0.05) is 24.2 Å². The number of nitrogens with zero attached hydrogens (tertiary/aromatic N) is 3. The zero-order chi connectivity index (χ0) is 15.8. The molecular weight excluding hydrogens is 294 g/mol. The summed E-state index contributed by atoms with van der Waals surface area (Å²) in [5.74, 6) is 0.513. The normalized spacial score (nSPS) is 11.0. The maximum Gasteiger partial charge on any atom is 0.205 e. The molecule has 6 heteroatoms. The second kappa shape index (κ2) is 8.38. The van der Waals surface area contributed by atoms with Crippen molar-refractivity contribution < 1.29 is 0 Å². The maximum absolute atomic E-state index is 5.56. The fourth-order valence-corrected chi connectivity index (χ4v) is 2.73. The molecule has 22 heavy (non-hydrogen) atoms. The van der Waals surface area contributed by atoms with Crippen LogP contribution in [0.2, 0.25) is 0 Å². The van der Waals surface area contributed by atoms with Crippen molar-refractivity contribution >= 4 is 34.2 Å². The highest BCUT2D eigenvalue weighted by molar-refractivity contribution is 7.14. The predicted molar refractivity (Wildman–Crippen MR) is 97.0 cm³/mol. The van der Waals surface area contributed by atoms with Gasteiger partial charge in [-0.25, -0.2) is 4.98 Å². The van der Waals surface area contributed by atoms with E-state index in [0.717, 1.165) is 31.5 Å². The number of rotatable bonds is 8. The molecule has 0 atom stereocenters. The number of aromatic nitrogens is 1. The number of nitrogens with two attached hydrogens (primary N) is 1. The Hall–Kier alpha value is -2.08. The smallest absolute Gasteiger partial charge is 0.205 e. The van der Waals surface area contributed by atoms with E-state index in [-0.39, 0.29) is 0 Å². The number of nitrogen functional groups attached to an aromatic ring is 1. The average molecular weight is 317 g/mol. The highest BCUT2D eigenvalue weighted by Gasteiger charge is 2.03. The Morgan fingerprint density at radius 3 is 2.45 bits per heavy atom. The van der Waals surface area contributed by atoms with Crippen molar-refractivity contribution in [1.29, 1.82) is 0 Å². The lowest BCUT2D eigenvalue weighted by Crippen LogP contribution is -2.24. The molecule has 0 saturated heterocycles. The van der Waals surface area contributed by atoms with E-state index in [1.54, 1.807) is 11.6 Å². The fourth-order valence-electron chi connectivity index (χ4n) is 2.18. The Balaban J connectivity index is 1.95. The lowest BCUT2D eigenvalue weighted by Gasteiger charge is -2.23. The van der Waals surface area contributed by atoms with Crippen LogP contribution in [0.4, 0.5) is 16.6 Å². The molecule has 1 heterocycles. The molecule has 0 unspecified atom stereocenters. The molecule has 0 aliphatic rings. The monoisotopic (exact) mass is 317 g/mol. The first-order valence-electron chi connectivity index (χ1n) is 7.58.